The zero-order chi connectivity index (χ0) is 15.6. The van der Waals surface area contributed by atoms with Gasteiger partial charge < -0.3 is 11.1 Å². The number of rotatable bonds is 4. The molecule has 0 aliphatic carbocycles. The summed E-state index contributed by atoms with van der Waals surface area (Å²) in [7, 11) is 0. The summed E-state index contributed by atoms with van der Waals surface area (Å²) in [5.41, 5.74) is 6.14. The molecule has 7 heteroatoms. The van der Waals surface area contributed by atoms with Gasteiger partial charge in [0.15, 0.2) is 5.69 Å². The van der Waals surface area contributed by atoms with Crippen molar-refractivity contribution in [3.63, 3.8) is 0 Å². The normalized spacial score (nSPS) is 11.5. The van der Waals surface area contributed by atoms with E-state index in [1.807, 2.05) is 13.8 Å². The lowest BCUT2D eigenvalue weighted by Crippen LogP contribution is -2.48. The second-order valence-electron chi connectivity index (χ2n) is 5.29. The van der Waals surface area contributed by atoms with Crippen molar-refractivity contribution in [2.75, 3.05) is 6.54 Å². The Morgan fingerprint density at radius 2 is 2.05 bits per heavy atom. The molecule has 0 unspecified atom stereocenters. The molecule has 5 nitrogen and oxygen atoms in total. The smallest absolute Gasteiger partial charge is 0.272 e. The Kier molecular flexibility index (Phi) is 4.56. The van der Waals surface area contributed by atoms with E-state index in [4.69, 9.17) is 28.9 Å². The fraction of sp³-hybridized carbons (Fsp3) is 0.286. The van der Waals surface area contributed by atoms with E-state index < -0.39 is 5.54 Å². The van der Waals surface area contributed by atoms with Crippen molar-refractivity contribution in [1.82, 2.24) is 15.1 Å². The van der Waals surface area contributed by atoms with Crippen LogP contribution in [0, 0.1) is 0 Å². The van der Waals surface area contributed by atoms with Crippen molar-refractivity contribution in [3.05, 3.63) is 46.2 Å². The first-order valence-electron chi connectivity index (χ1n) is 6.36. The van der Waals surface area contributed by atoms with Crippen LogP contribution in [0.5, 0.6) is 0 Å². The van der Waals surface area contributed by atoms with Crippen LogP contribution in [-0.4, -0.2) is 27.8 Å². The van der Waals surface area contributed by atoms with E-state index in [1.165, 1.54) is 0 Å². The lowest BCUT2D eigenvalue weighted by Gasteiger charge is -2.23. The van der Waals surface area contributed by atoms with Crippen molar-refractivity contribution in [2.24, 2.45) is 5.73 Å². The minimum Gasteiger partial charge on any atom is -0.344 e. The number of nitrogens with two attached hydrogens (primary N) is 1. The van der Waals surface area contributed by atoms with Crippen LogP contribution in [-0.2, 0) is 0 Å². The van der Waals surface area contributed by atoms with E-state index in [-0.39, 0.29) is 5.91 Å². The third kappa shape index (κ3) is 3.75. The number of carbonyl (C=O) groups is 1. The number of halogens is 2. The molecular weight excluding hydrogens is 311 g/mol. The topological polar surface area (TPSA) is 72.9 Å². The van der Waals surface area contributed by atoms with E-state index >= 15 is 0 Å². The quantitative estimate of drug-likeness (QED) is 0.907. The molecule has 1 heterocycles. The molecule has 0 radical (unpaired) electrons. The highest BCUT2D eigenvalue weighted by atomic mass is 35.5. The fourth-order valence-electron chi connectivity index (χ4n) is 1.64. The molecule has 0 aliphatic rings. The van der Waals surface area contributed by atoms with Gasteiger partial charge in [-0.1, -0.05) is 23.2 Å². The molecule has 1 aromatic carbocycles. The summed E-state index contributed by atoms with van der Waals surface area (Å²) in [5, 5.41) is 7.95. The molecule has 0 spiro atoms. The molecule has 0 bridgehead atoms. The van der Waals surface area contributed by atoms with Crippen LogP contribution < -0.4 is 11.1 Å². The molecule has 0 saturated heterocycles. The van der Waals surface area contributed by atoms with Crippen molar-refractivity contribution in [3.8, 4) is 5.69 Å². The maximum atomic E-state index is 12.1. The SMILES string of the molecule is CC(C)(CN)NC(=O)c1ccn(-c2ccc(Cl)c(Cl)c2)n1. The van der Waals surface area contributed by atoms with Crippen LogP contribution >= 0.6 is 23.2 Å². The number of nitrogens with one attached hydrogen (secondary N) is 1. The summed E-state index contributed by atoms with van der Waals surface area (Å²) in [6.07, 6.45) is 1.68. The maximum Gasteiger partial charge on any atom is 0.272 e. The predicted octanol–water partition coefficient (Wildman–Crippen LogP) is 2.65. The number of hydrogen-bond acceptors (Lipinski definition) is 3. The highest BCUT2D eigenvalue weighted by Crippen LogP contribution is 2.24. The van der Waals surface area contributed by atoms with Gasteiger partial charge >= 0.3 is 0 Å². The zero-order valence-corrected chi connectivity index (χ0v) is 13.2. The summed E-state index contributed by atoms with van der Waals surface area (Å²) < 4.78 is 1.56. The van der Waals surface area contributed by atoms with Crippen LogP contribution in [0.25, 0.3) is 5.69 Å². The van der Waals surface area contributed by atoms with Gasteiger partial charge in [0.2, 0.25) is 0 Å². The standard InChI is InChI=1S/C14H16Cl2N4O/c1-14(2,8-17)18-13(21)12-5-6-20(19-12)9-3-4-10(15)11(16)7-9/h3-7H,8,17H2,1-2H3,(H,18,21). The zero-order valence-electron chi connectivity index (χ0n) is 11.7. The number of benzene rings is 1. The van der Waals surface area contributed by atoms with Gasteiger partial charge in [-0.2, -0.15) is 5.10 Å². The molecule has 21 heavy (non-hydrogen) atoms. The summed E-state index contributed by atoms with van der Waals surface area (Å²) in [6, 6.07) is 6.76. The molecule has 2 aromatic rings. The average molecular weight is 327 g/mol. The third-order valence-corrected chi connectivity index (χ3v) is 3.69. The van der Waals surface area contributed by atoms with Crippen LogP contribution in [0.3, 0.4) is 0 Å². The van der Waals surface area contributed by atoms with E-state index in [2.05, 4.69) is 10.4 Å². The number of hydrogen-bond donors (Lipinski definition) is 2. The largest absolute Gasteiger partial charge is 0.344 e. The molecule has 0 aliphatic heterocycles. The van der Waals surface area contributed by atoms with Crippen molar-refractivity contribution >= 4 is 29.1 Å². The van der Waals surface area contributed by atoms with Gasteiger partial charge in [-0.15, -0.1) is 0 Å². The Balaban J connectivity index is 2.21. The Bertz CT molecular complexity index is 667. The molecule has 1 aromatic heterocycles. The van der Waals surface area contributed by atoms with Gasteiger partial charge in [0.05, 0.1) is 15.7 Å². The van der Waals surface area contributed by atoms with Crippen LogP contribution in [0.1, 0.15) is 24.3 Å². The monoisotopic (exact) mass is 326 g/mol. The molecular formula is C14H16Cl2N4O. The Hall–Kier alpha value is -1.56. The fourth-order valence-corrected chi connectivity index (χ4v) is 1.93. The lowest BCUT2D eigenvalue weighted by molar-refractivity contribution is 0.0910. The van der Waals surface area contributed by atoms with Crippen LogP contribution in [0.2, 0.25) is 10.0 Å². The maximum absolute atomic E-state index is 12.1. The summed E-state index contributed by atoms with van der Waals surface area (Å²) in [4.78, 5) is 12.1. The lowest BCUT2D eigenvalue weighted by atomic mass is 10.1. The van der Waals surface area contributed by atoms with Gasteiger partial charge in [0.25, 0.3) is 5.91 Å². The van der Waals surface area contributed by atoms with E-state index in [0.29, 0.717) is 22.3 Å². The number of nitrogens with zero attached hydrogens (tertiary/aromatic N) is 2. The predicted molar refractivity (Wildman–Crippen MR) is 84.2 cm³/mol. The molecule has 0 fully saturated rings. The summed E-state index contributed by atoms with van der Waals surface area (Å²) >= 11 is 11.8. The molecule has 1 amide bonds. The van der Waals surface area contributed by atoms with Crippen LogP contribution in [0.4, 0.5) is 0 Å². The highest BCUT2D eigenvalue weighted by Gasteiger charge is 2.20. The van der Waals surface area contributed by atoms with Gasteiger partial charge in [0, 0.05) is 18.3 Å². The Labute approximate surface area is 133 Å². The second kappa shape index (κ2) is 6.05. The molecule has 0 saturated carbocycles. The number of aromatic nitrogens is 2. The molecule has 112 valence electrons. The van der Waals surface area contributed by atoms with Gasteiger partial charge in [-0.05, 0) is 38.1 Å². The van der Waals surface area contributed by atoms with Crippen LogP contribution in [0.15, 0.2) is 30.5 Å². The third-order valence-electron chi connectivity index (χ3n) is 2.95. The second-order valence-corrected chi connectivity index (χ2v) is 6.10. The average Bonchev–Trinajstić information content (AvgIpc) is 2.91. The van der Waals surface area contributed by atoms with E-state index in [0.717, 1.165) is 5.69 Å². The van der Waals surface area contributed by atoms with E-state index in [9.17, 15) is 4.79 Å². The van der Waals surface area contributed by atoms with E-state index in [1.54, 1.807) is 35.1 Å². The van der Waals surface area contributed by atoms with Crippen molar-refractivity contribution in [2.45, 2.75) is 19.4 Å². The minimum atomic E-state index is -0.482. The first kappa shape index (κ1) is 15.8. The van der Waals surface area contributed by atoms with Gasteiger partial charge in [-0.3, -0.25) is 4.79 Å². The number of carbonyl (C=O) groups excluding carboxylic acids is 1. The van der Waals surface area contributed by atoms with Crippen molar-refractivity contribution in [1.29, 1.82) is 0 Å². The molecule has 3 N–H and O–H groups in total. The first-order valence-corrected chi connectivity index (χ1v) is 7.12. The van der Waals surface area contributed by atoms with Gasteiger partial charge in [0.1, 0.15) is 0 Å². The first-order chi connectivity index (χ1) is 9.82. The highest BCUT2D eigenvalue weighted by molar-refractivity contribution is 6.42. The molecule has 2 rings (SSSR count). The van der Waals surface area contributed by atoms with Gasteiger partial charge in [-0.25, -0.2) is 4.68 Å². The summed E-state index contributed by atoms with van der Waals surface area (Å²) in [5.74, 6) is -0.274. The van der Waals surface area contributed by atoms with Crippen molar-refractivity contribution < 1.29 is 4.79 Å². The summed E-state index contributed by atoms with van der Waals surface area (Å²) in [6.45, 7) is 4.04. The molecule has 0 atom stereocenters. The minimum absolute atomic E-state index is 0.274. The number of amides is 1. The Morgan fingerprint density at radius 1 is 1.33 bits per heavy atom. The Morgan fingerprint density at radius 3 is 2.67 bits per heavy atom.